The lowest BCUT2D eigenvalue weighted by atomic mass is 10.2. The standard InChI is InChI=1S/C25H25IN2O4S/c26-19-10-14-21(15-11-19)28(33(30,31)24-8-2-1-3-9-24)18-25(29)27-20-12-16-23(17-13-20)32-22-6-4-5-7-22/h1-3,8-17,22H,4-7,18H2,(H,27,29). The van der Waals surface area contributed by atoms with Crippen LogP contribution in [0.3, 0.4) is 0 Å². The van der Waals surface area contributed by atoms with Crippen LogP contribution in [0.1, 0.15) is 25.7 Å². The van der Waals surface area contributed by atoms with Crippen molar-refractivity contribution < 1.29 is 17.9 Å². The lowest BCUT2D eigenvalue weighted by Crippen LogP contribution is -2.38. The van der Waals surface area contributed by atoms with E-state index in [4.69, 9.17) is 4.74 Å². The molecule has 0 unspecified atom stereocenters. The van der Waals surface area contributed by atoms with E-state index < -0.39 is 15.9 Å². The van der Waals surface area contributed by atoms with Crippen LogP contribution in [0.2, 0.25) is 0 Å². The fourth-order valence-corrected chi connectivity index (χ4v) is 5.59. The number of nitrogens with one attached hydrogen (secondary N) is 1. The largest absolute Gasteiger partial charge is 0.490 e. The first-order chi connectivity index (χ1) is 15.9. The van der Waals surface area contributed by atoms with E-state index in [1.54, 1.807) is 42.5 Å². The van der Waals surface area contributed by atoms with Gasteiger partial charge >= 0.3 is 0 Å². The van der Waals surface area contributed by atoms with E-state index in [9.17, 15) is 13.2 Å². The van der Waals surface area contributed by atoms with Crippen LogP contribution in [0, 0.1) is 3.57 Å². The lowest BCUT2D eigenvalue weighted by Gasteiger charge is -2.24. The summed E-state index contributed by atoms with van der Waals surface area (Å²) in [6.45, 7) is -0.349. The number of amides is 1. The Labute approximate surface area is 208 Å². The smallest absolute Gasteiger partial charge is 0.264 e. The number of rotatable bonds is 8. The maximum absolute atomic E-state index is 13.3. The Hall–Kier alpha value is -2.59. The third-order valence-electron chi connectivity index (χ3n) is 5.48. The van der Waals surface area contributed by atoms with Crippen molar-refractivity contribution in [1.29, 1.82) is 0 Å². The number of nitrogens with zero attached hydrogens (tertiary/aromatic N) is 1. The Morgan fingerprint density at radius 1 is 0.939 bits per heavy atom. The summed E-state index contributed by atoms with van der Waals surface area (Å²) in [5.41, 5.74) is 1.01. The van der Waals surface area contributed by atoms with Gasteiger partial charge in [0.2, 0.25) is 5.91 Å². The van der Waals surface area contributed by atoms with Crippen LogP contribution in [0.4, 0.5) is 11.4 Å². The van der Waals surface area contributed by atoms with E-state index in [2.05, 4.69) is 27.9 Å². The number of hydrogen-bond donors (Lipinski definition) is 1. The van der Waals surface area contributed by atoms with Gasteiger partial charge in [0.05, 0.1) is 16.7 Å². The van der Waals surface area contributed by atoms with Crippen molar-refractivity contribution in [1.82, 2.24) is 0 Å². The summed E-state index contributed by atoms with van der Waals surface area (Å²) in [6.07, 6.45) is 4.80. The average Bonchev–Trinajstić information content (AvgIpc) is 3.33. The molecule has 0 spiro atoms. The molecule has 33 heavy (non-hydrogen) atoms. The van der Waals surface area contributed by atoms with Gasteiger partial charge in [0.25, 0.3) is 10.0 Å². The molecule has 0 heterocycles. The first kappa shape index (κ1) is 23.6. The zero-order valence-corrected chi connectivity index (χ0v) is 21.0. The highest BCUT2D eigenvalue weighted by atomic mass is 127. The molecule has 1 N–H and O–H groups in total. The molecule has 0 radical (unpaired) electrons. The second-order valence-electron chi connectivity index (χ2n) is 7.90. The van der Waals surface area contributed by atoms with E-state index in [0.717, 1.165) is 26.5 Å². The molecule has 0 aromatic heterocycles. The van der Waals surface area contributed by atoms with Crippen molar-refractivity contribution in [2.75, 3.05) is 16.2 Å². The molecular formula is C25H25IN2O4S. The molecule has 0 aliphatic heterocycles. The van der Waals surface area contributed by atoms with Crippen LogP contribution < -0.4 is 14.4 Å². The van der Waals surface area contributed by atoms with Crippen LogP contribution in [0.25, 0.3) is 0 Å². The zero-order valence-electron chi connectivity index (χ0n) is 18.0. The van der Waals surface area contributed by atoms with Gasteiger partial charge in [-0.15, -0.1) is 0 Å². The van der Waals surface area contributed by atoms with Gasteiger partial charge in [0.15, 0.2) is 0 Å². The second kappa shape index (κ2) is 10.6. The Balaban J connectivity index is 1.50. The minimum atomic E-state index is -3.92. The summed E-state index contributed by atoms with van der Waals surface area (Å²) in [5, 5.41) is 2.80. The molecule has 8 heteroatoms. The van der Waals surface area contributed by atoms with E-state index >= 15 is 0 Å². The highest BCUT2D eigenvalue weighted by molar-refractivity contribution is 14.1. The third-order valence-corrected chi connectivity index (χ3v) is 7.98. The maximum atomic E-state index is 13.3. The molecule has 3 aromatic carbocycles. The summed E-state index contributed by atoms with van der Waals surface area (Å²) in [5.74, 6) is 0.338. The molecule has 0 atom stereocenters. The molecule has 6 nitrogen and oxygen atoms in total. The van der Waals surface area contributed by atoms with Gasteiger partial charge in [-0.3, -0.25) is 9.10 Å². The highest BCUT2D eigenvalue weighted by Gasteiger charge is 2.27. The minimum Gasteiger partial charge on any atom is -0.490 e. The van der Waals surface area contributed by atoms with E-state index in [1.165, 1.54) is 25.0 Å². The van der Waals surface area contributed by atoms with Gasteiger partial charge in [-0.1, -0.05) is 18.2 Å². The Morgan fingerprint density at radius 3 is 2.21 bits per heavy atom. The van der Waals surface area contributed by atoms with E-state index in [1.807, 2.05) is 24.3 Å². The Kier molecular flexibility index (Phi) is 7.54. The van der Waals surface area contributed by atoms with Crippen molar-refractivity contribution in [3.05, 3.63) is 82.4 Å². The van der Waals surface area contributed by atoms with Crippen LogP contribution in [-0.4, -0.2) is 27.0 Å². The van der Waals surface area contributed by atoms with Gasteiger partial charge in [-0.05, 0) is 109 Å². The van der Waals surface area contributed by atoms with Crippen molar-refractivity contribution in [3.63, 3.8) is 0 Å². The minimum absolute atomic E-state index is 0.129. The van der Waals surface area contributed by atoms with Crippen LogP contribution >= 0.6 is 22.6 Å². The van der Waals surface area contributed by atoms with Crippen LogP contribution in [0.5, 0.6) is 5.75 Å². The molecule has 4 rings (SSSR count). The molecule has 1 aliphatic carbocycles. The van der Waals surface area contributed by atoms with Gasteiger partial charge in [-0.2, -0.15) is 0 Å². The molecule has 0 saturated heterocycles. The van der Waals surface area contributed by atoms with Crippen molar-refractivity contribution >= 4 is 49.9 Å². The van der Waals surface area contributed by atoms with Crippen LogP contribution in [0.15, 0.2) is 83.8 Å². The lowest BCUT2D eigenvalue weighted by molar-refractivity contribution is -0.114. The number of sulfonamides is 1. The summed E-state index contributed by atoms with van der Waals surface area (Å²) in [7, 11) is -3.92. The Morgan fingerprint density at radius 2 is 1.58 bits per heavy atom. The number of ether oxygens (including phenoxy) is 1. The fraction of sp³-hybridized carbons (Fsp3) is 0.240. The first-order valence-corrected chi connectivity index (χ1v) is 13.3. The number of carbonyl (C=O) groups excluding carboxylic acids is 1. The summed E-state index contributed by atoms with van der Waals surface area (Å²) < 4.78 is 34.7. The van der Waals surface area contributed by atoms with Gasteiger partial charge in [0.1, 0.15) is 12.3 Å². The number of hydrogen-bond acceptors (Lipinski definition) is 4. The highest BCUT2D eigenvalue weighted by Crippen LogP contribution is 2.26. The summed E-state index contributed by atoms with van der Waals surface area (Å²) in [6, 6.07) is 22.3. The fourth-order valence-electron chi connectivity index (χ4n) is 3.79. The molecule has 0 bridgehead atoms. The molecular weight excluding hydrogens is 551 g/mol. The SMILES string of the molecule is O=C(CN(c1ccc(I)cc1)S(=O)(=O)c1ccccc1)Nc1ccc(OC2CCCC2)cc1. The zero-order chi connectivity index (χ0) is 23.3. The normalized spacial score (nSPS) is 14.1. The molecule has 172 valence electrons. The van der Waals surface area contributed by atoms with E-state index in [-0.39, 0.29) is 17.5 Å². The summed E-state index contributed by atoms with van der Waals surface area (Å²) >= 11 is 2.15. The third kappa shape index (κ3) is 6.05. The maximum Gasteiger partial charge on any atom is 0.264 e. The van der Waals surface area contributed by atoms with Crippen molar-refractivity contribution in [2.24, 2.45) is 0 Å². The number of anilines is 2. The predicted octanol–water partition coefficient (Wildman–Crippen LogP) is 5.45. The van der Waals surface area contributed by atoms with Gasteiger partial charge < -0.3 is 10.1 Å². The Bertz CT molecular complexity index is 1180. The number of halogens is 1. The molecule has 1 amide bonds. The number of carbonyl (C=O) groups is 1. The van der Waals surface area contributed by atoms with Crippen molar-refractivity contribution in [3.8, 4) is 5.75 Å². The number of benzene rings is 3. The average molecular weight is 576 g/mol. The topological polar surface area (TPSA) is 75.7 Å². The second-order valence-corrected chi connectivity index (χ2v) is 11.0. The summed E-state index contributed by atoms with van der Waals surface area (Å²) in [4.78, 5) is 13.0. The molecule has 3 aromatic rings. The monoisotopic (exact) mass is 576 g/mol. The molecule has 1 aliphatic rings. The predicted molar refractivity (Wildman–Crippen MR) is 138 cm³/mol. The van der Waals surface area contributed by atoms with Gasteiger partial charge in [0, 0.05) is 9.26 Å². The quantitative estimate of drug-likeness (QED) is 0.362. The van der Waals surface area contributed by atoms with Crippen LogP contribution in [-0.2, 0) is 14.8 Å². The van der Waals surface area contributed by atoms with Crippen molar-refractivity contribution in [2.45, 2.75) is 36.7 Å². The van der Waals surface area contributed by atoms with E-state index in [0.29, 0.717) is 11.4 Å². The molecule has 1 saturated carbocycles. The molecule has 1 fully saturated rings. The van der Waals surface area contributed by atoms with Gasteiger partial charge in [-0.25, -0.2) is 8.42 Å². The first-order valence-electron chi connectivity index (χ1n) is 10.8.